The molecule has 0 unspecified atom stereocenters. The SMILES string of the molecule is FC(F)(F)c1cnc(SCCn2nnnc2-c2c(Cl)cccc2Cl)c(Cl)c1. The van der Waals surface area contributed by atoms with E-state index in [4.69, 9.17) is 34.8 Å². The molecule has 0 bridgehead atoms. The van der Waals surface area contributed by atoms with Crippen LogP contribution in [0, 0.1) is 0 Å². The minimum Gasteiger partial charge on any atom is -0.248 e. The second-order valence-electron chi connectivity index (χ2n) is 5.18. The lowest BCUT2D eigenvalue weighted by Crippen LogP contribution is -2.07. The largest absolute Gasteiger partial charge is 0.417 e. The zero-order valence-corrected chi connectivity index (χ0v) is 16.3. The molecule has 1 aromatic carbocycles. The minimum absolute atomic E-state index is 0.0686. The third-order valence-corrected chi connectivity index (χ3v) is 5.41. The van der Waals surface area contributed by atoms with Gasteiger partial charge in [0.05, 0.1) is 32.7 Å². The van der Waals surface area contributed by atoms with Gasteiger partial charge in [0.1, 0.15) is 5.03 Å². The van der Waals surface area contributed by atoms with Crippen molar-refractivity contribution in [3.63, 3.8) is 0 Å². The van der Waals surface area contributed by atoms with Gasteiger partial charge in [0.2, 0.25) is 0 Å². The number of hydrogen-bond donors (Lipinski definition) is 0. The van der Waals surface area contributed by atoms with Crippen LogP contribution in [0.3, 0.4) is 0 Å². The standard InChI is InChI=1S/C15H9Cl3F3N5S/c16-9-2-1-3-10(17)12(9)13-23-24-25-26(13)4-5-27-14-11(18)6-8(7-22-14)15(19,20)21/h1-3,6-7H,4-5H2. The van der Waals surface area contributed by atoms with E-state index in [0.29, 0.717) is 33.7 Å². The van der Waals surface area contributed by atoms with Crippen molar-refractivity contribution in [2.24, 2.45) is 0 Å². The summed E-state index contributed by atoms with van der Waals surface area (Å²) in [5.74, 6) is 0.802. The lowest BCUT2D eigenvalue weighted by molar-refractivity contribution is -0.137. The van der Waals surface area contributed by atoms with Crippen molar-refractivity contribution < 1.29 is 13.2 Å². The number of benzene rings is 1. The first-order chi connectivity index (χ1) is 12.8. The molecule has 3 rings (SSSR count). The van der Waals surface area contributed by atoms with Gasteiger partial charge in [0, 0.05) is 11.9 Å². The van der Waals surface area contributed by atoms with Gasteiger partial charge in [-0.25, -0.2) is 9.67 Å². The minimum atomic E-state index is -4.49. The summed E-state index contributed by atoms with van der Waals surface area (Å²) in [6.45, 7) is 0.341. The van der Waals surface area contributed by atoms with Gasteiger partial charge >= 0.3 is 6.18 Å². The summed E-state index contributed by atoms with van der Waals surface area (Å²) in [6, 6.07) is 5.89. The number of alkyl halides is 3. The molecule has 2 aromatic heterocycles. The molecule has 5 nitrogen and oxygen atoms in total. The summed E-state index contributed by atoms with van der Waals surface area (Å²) in [4.78, 5) is 3.78. The molecule has 0 spiro atoms. The normalized spacial score (nSPS) is 11.8. The van der Waals surface area contributed by atoms with Crippen LogP contribution in [0.25, 0.3) is 11.4 Å². The zero-order valence-electron chi connectivity index (χ0n) is 13.2. The summed E-state index contributed by atoms with van der Waals surface area (Å²) < 4.78 is 39.5. The summed E-state index contributed by atoms with van der Waals surface area (Å²) >= 11 is 19.4. The quantitative estimate of drug-likeness (QED) is 0.476. The van der Waals surface area contributed by atoms with Crippen LogP contribution in [0.2, 0.25) is 15.1 Å². The molecule has 0 aliphatic carbocycles. The lowest BCUT2D eigenvalue weighted by atomic mass is 10.2. The number of nitrogens with zero attached hydrogens (tertiary/aromatic N) is 5. The Labute approximate surface area is 170 Å². The second kappa shape index (κ2) is 8.22. The van der Waals surface area contributed by atoms with Crippen molar-refractivity contribution in [2.45, 2.75) is 17.7 Å². The number of pyridine rings is 1. The van der Waals surface area contributed by atoms with Crippen molar-refractivity contribution in [1.82, 2.24) is 25.2 Å². The maximum Gasteiger partial charge on any atom is 0.417 e. The highest BCUT2D eigenvalue weighted by molar-refractivity contribution is 7.99. The van der Waals surface area contributed by atoms with E-state index in [2.05, 4.69) is 20.5 Å². The fourth-order valence-electron chi connectivity index (χ4n) is 2.16. The van der Waals surface area contributed by atoms with Crippen molar-refractivity contribution in [1.29, 1.82) is 0 Å². The third-order valence-electron chi connectivity index (χ3n) is 3.39. The number of halogens is 6. The van der Waals surface area contributed by atoms with Crippen LogP contribution in [-0.2, 0) is 12.7 Å². The number of rotatable bonds is 5. The van der Waals surface area contributed by atoms with Crippen LogP contribution >= 0.6 is 46.6 Å². The first-order valence-corrected chi connectivity index (χ1v) is 9.45. The molecule has 0 aliphatic heterocycles. The van der Waals surface area contributed by atoms with E-state index in [1.807, 2.05) is 0 Å². The van der Waals surface area contributed by atoms with Gasteiger partial charge in [-0.05, 0) is 28.6 Å². The van der Waals surface area contributed by atoms with E-state index in [-0.39, 0.29) is 10.0 Å². The van der Waals surface area contributed by atoms with Crippen molar-refractivity contribution in [3.8, 4) is 11.4 Å². The van der Waals surface area contributed by atoms with E-state index >= 15 is 0 Å². The van der Waals surface area contributed by atoms with Gasteiger partial charge in [-0.15, -0.1) is 16.9 Å². The molecule has 0 N–H and O–H groups in total. The highest BCUT2D eigenvalue weighted by Crippen LogP contribution is 2.35. The van der Waals surface area contributed by atoms with Crippen molar-refractivity contribution >= 4 is 46.6 Å². The van der Waals surface area contributed by atoms with Crippen molar-refractivity contribution in [2.75, 3.05) is 5.75 Å². The number of aromatic nitrogens is 5. The first-order valence-electron chi connectivity index (χ1n) is 7.33. The van der Waals surface area contributed by atoms with Crippen LogP contribution in [0.1, 0.15) is 5.56 Å². The maximum atomic E-state index is 12.7. The second-order valence-corrected chi connectivity index (χ2v) is 7.48. The molecule has 0 saturated heterocycles. The molecule has 0 saturated carbocycles. The van der Waals surface area contributed by atoms with Crippen LogP contribution in [0.4, 0.5) is 13.2 Å². The Morgan fingerprint density at radius 1 is 1.07 bits per heavy atom. The average Bonchev–Trinajstić information content (AvgIpc) is 3.03. The summed E-state index contributed by atoms with van der Waals surface area (Å²) in [5, 5.41) is 12.5. The average molecular weight is 455 g/mol. The Kier molecular flexibility index (Phi) is 6.15. The van der Waals surface area contributed by atoms with E-state index < -0.39 is 11.7 Å². The van der Waals surface area contributed by atoms with Crippen LogP contribution in [0.15, 0.2) is 35.5 Å². The van der Waals surface area contributed by atoms with E-state index in [1.165, 1.54) is 16.4 Å². The lowest BCUT2D eigenvalue weighted by Gasteiger charge is -2.10. The molecule has 0 aliphatic rings. The molecule has 3 aromatic rings. The molecule has 0 fully saturated rings. The summed E-state index contributed by atoms with van der Waals surface area (Å²) in [6.07, 6.45) is -3.74. The molecule has 0 amide bonds. The molecular weight excluding hydrogens is 446 g/mol. The first kappa shape index (κ1) is 20.2. The van der Waals surface area contributed by atoms with E-state index in [9.17, 15) is 13.2 Å². The fourth-order valence-corrected chi connectivity index (χ4v) is 3.84. The number of tetrazole rings is 1. The third kappa shape index (κ3) is 4.66. The number of aryl methyl sites for hydroxylation is 1. The summed E-state index contributed by atoms with van der Waals surface area (Å²) in [5.41, 5.74) is -0.394. The molecule has 2 heterocycles. The van der Waals surface area contributed by atoms with Crippen LogP contribution in [0.5, 0.6) is 0 Å². The van der Waals surface area contributed by atoms with E-state index in [0.717, 1.165) is 12.3 Å². The van der Waals surface area contributed by atoms with Crippen LogP contribution in [-0.4, -0.2) is 30.9 Å². The maximum absolute atomic E-state index is 12.7. The summed E-state index contributed by atoms with van der Waals surface area (Å²) in [7, 11) is 0. The smallest absolute Gasteiger partial charge is 0.248 e. The molecule has 142 valence electrons. The zero-order chi connectivity index (χ0) is 19.6. The Bertz CT molecular complexity index is 944. The number of thioether (sulfide) groups is 1. The van der Waals surface area contributed by atoms with E-state index in [1.54, 1.807) is 18.2 Å². The molecular formula is C15H9Cl3F3N5S. The van der Waals surface area contributed by atoms with Crippen molar-refractivity contribution in [3.05, 3.63) is 51.1 Å². The molecule has 0 radical (unpaired) electrons. The van der Waals surface area contributed by atoms with Gasteiger partial charge in [-0.3, -0.25) is 0 Å². The Hall–Kier alpha value is -1.55. The highest BCUT2D eigenvalue weighted by atomic mass is 35.5. The van der Waals surface area contributed by atoms with Gasteiger partial charge < -0.3 is 0 Å². The monoisotopic (exact) mass is 453 g/mol. The molecule has 12 heteroatoms. The van der Waals surface area contributed by atoms with Gasteiger partial charge in [0.25, 0.3) is 0 Å². The van der Waals surface area contributed by atoms with Crippen LogP contribution < -0.4 is 0 Å². The number of hydrogen-bond acceptors (Lipinski definition) is 5. The Balaban J connectivity index is 1.72. The Morgan fingerprint density at radius 2 is 1.78 bits per heavy atom. The highest BCUT2D eigenvalue weighted by Gasteiger charge is 2.31. The molecule has 27 heavy (non-hydrogen) atoms. The fraction of sp³-hybridized carbons (Fsp3) is 0.200. The van der Waals surface area contributed by atoms with Gasteiger partial charge in [-0.2, -0.15) is 13.2 Å². The predicted molar refractivity (Wildman–Crippen MR) is 98.2 cm³/mol. The molecule has 0 atom stereocenters. The van der Waals surface area contributed by atoms with Gasteiger partial charge in [-0.1, -0.05) is 40.9 Å². The van der Waals surface area contributed by atoms with Gasteiger partial charge in [0.15, 0.2) is 5.82 Å². The Morgan fingerprint density at radius 3 is 2.41 bits per heavy atom. The predicted octanol–water partition coefficient (Wildman–Crippen LogP) is 5.51. The topological polar surface area (TPSA) is 56.5 Å².